The first kappa shape index (κ1) is 19.2. The monoisotopic (exact) mass is 387 g/mol. The van der Waals surface area contributed by atoms with Gasteiger partial charge in [-0.15, -0.1) is 0 Å². The topological polar surface area (TPSA) is 61.9 Å². The molecule has 3 rings (SSSR count). The maximum atomic E-state index is 12.7. The minimum Gasteiger partial charge on any atom is -0.465 e. The number of anilines is 2. The number of benzene rings is 2. The number of hydrogen-bond acceptors (Lipinski definition) is 5. The lowest BCUT2D eigenvalue weighted by atomic mass is 10.1. The molecule has 1 aliphatic rings. The molecule has 142 valence electrons. The van der Waals surface area contributed by atoms with E-state index in [1.165, 1.54) is 7.11 Å². The van der Waals surface area contributed by atoms with Crippen LogP contribution in [0.3, 0.4) is 0 Å². The Bertz CT molecular complexity index is 831. The van der Waals surface area contributed by atoms with Crippen LogP contribution in [0.15, 0.2) is 42.5 Å². The number of carbonyl (C=O) groups is 2. The lowest BCUT2D eigenvalue weighted by molar-refractivity contribution is 0.0600. The Kier molecular flexibility index (Phi) is 5.98. The molecule has 2 aromatic rings. The van der Waals surface area contributed by atoms with Gasteiger partial charge in [0, 0.05) is 36.8 Å². The predicted molar refractivity (Wildman–Crippen MR) is 107 cm³/mol. The van der Waals surface area contributed by atoms with Gasteiger partial charge < -0.3 is 19.9 Å². The van der Waals surface area contributed by atoms with Crippen LogP contribution in [0.25, 0.3) is 0 Å². The van der Waals surface area contributed by atoms with Crippen molar-refractivity contribution < 1.29 is 14.3 Å². The molecule has 0 unspecified atom stereocenters. The highest BCUT2D eigenvalue weighted by molar-refractivity contribution is 6.31. The van der Waals surface area contributed by atoms with Gasteiger partial charge in [-0.1, -0.05) is 11.6 Å². The molecule has 0 spiro atoms. The summed E-state index contributed by atoms with van der Waals surface area (Å²) < 4.78 is 4.67. The number of rotatable bonds is 4. The molecule has 1 aliphatic heterocycles. The van der Waals surface area contributed by atoms with Crippen LogP contribution in [0.2, 0.25) is 5.02 Å². The van der Waals surface area contributed by atoms with E-state index in [-0.39, 0.29) is 5.91 Å². The van der Waals surface area contributed by atoms with Crippen molar-refractivity contribution in [3.63, 3.8) is 0 Å². The van der Waals surface area contributed by atoms with Gasteiger partial charge in [0.25, 0.3) is 5.91 Å². The van der Waals surface area contributed by atoms with Gasteiger partial charge in [-0.05, 0) is 49.5 Å². The molecule has 7 heteroatoms. The normalized spacial score (nSPS) is 14.7. The van der Waals surface area contributed by atoms with E-state index in [2.05, 4.69) is 26.9 Å². The van der Waals surface area contributed by atoms with E-state index in [9.17, 15) is 9.59 Å². The molecule has 2 aromatic carbocycles. The molecule has 1 saturated heterocycles. The predicted octanol–water partition coefficient (Wildman–Crippen LogP) is 3.13. The summed E-state index contributed by atoms with van der Waals surface area (Å²) in [5.74, 6) is -0.696. The molecule has 0 radical (unpaired) electrons. The second-order valence-corrected chi connectivity index (χ2v) is 6.91. The Morgan fingerprint density at radius 3 is 2.26 bits per heavy atom. The van der Waals surface area contributed by atoms with Crippen LogP contribution in [0.5, 0.6) is 0 Å². The van der Waals surface area contributed by atoms with Gasteiger partial charge in [-0.3, -0.25) is 4.79 Å². The summed E-state index contributed by atoms with van der Waals surface area (Å²) in [5.41, 5.74) is 2.48. The molecule has 6 nitrogen and oxygen atoms in total. The first-order valence-corrected chi connectivity index (χ1v) is 9.08. The largest absolute Gasteiger partial charge is 0.465 e. The smallest absolute Gasteiger partial charge is 0.337 e. The average Bonchev–Trinajstić information content (AvgIpc) is 2.68. The lowest BCUT2D eigenvalue weighted by Crippen LogP contribution is -2.44. The maximum absolute atomic E-state index is 12.7. The van der Waals surface area contributed by atoms with Gasteiger partial charge in [0.2, 0.25) is 0 Å². The first-order chi connectivity index (χ1) is 13.0. The zero-order valence-corrected chi connectivity index (χ0v) is 16.1. The van der Waals surface area contributed by atoms with Crippen molar-refractivity contribution in [2.24, 2.45) is 0 Å². The number of likely N-dealkylation sites (N-methyl/N-ethyl adjacent to an activating group) is 1. The summed E-state index contributed by atoms with van der Waals surface area (Å²) in [5, 5.41) is 3.50. The first-order valence-electron chi connectivity index (χ1n) is 8.70. The van der Waals surface area contributed by atoms with Gasteiger partial charge in [0.1, 0.15) is 0 Å². The molecule has 0 saturated carbocycles. The molecule has 0 aliphatic carbocycles. The van der Waals surface area contributed by atoms with Crippen molar-refractivity contribution >= 4 is 34.9 Å². The highest BCUT2D eigenvalue weighted by atomic mass is 35.5. The molecular weight excluding hydrogens is 366 g/mol. The Hall–Kier alpha value is -2.57. The Labute approximate surface area is 163 Å². The van der Waals surface area contributed by atoms with Crippen LogP contribution in [-0.2, 0) is 4.74 Å². The molecule has 27 heavy (non-hydrogen) atoms. The molecule has 0 bridgehead atoms. The number of amides is 1. The summed E-state index contributed by atoms with van der Waals surface area (Å²) in [6.07, 6.45) is 0. The van der Waals surface area contributed by atoms with E-state index in [1.54, 1.807) is 30.3 Å². The number of piperazine rings is 1. The van der Waals surface area contributed by atoms with E-state index in [1.807, 2.05) is 12.1 Å². The standard InChI is InChI=1S/C20H22ClN3O3/c1-23-9-11-24(12-10-23)18-8-7-16(21)13-17(18)22-19(25)14-3-5-15(6-4-14)20(26)27-2/h3-8,13H,9-12H2,1-2H3,(H,22,25). The summed E-state index contributed by atoms with van der Waals surface area (Å²) >= 11 is 6.15. The second-order valence-electron chi connectivity index (χ2n) is 6.47. The minimum absolute atomic E-state index is 0.260. The zero-order valence-electron chi connectivity index (χ0n) is 15.4. The van der Waals surface area contributed by atoms with Crippen molar-refractivity contribution in [1.82, 2.24) is 4.90 Å². The van der Waals surface area contributed by atoms with Crippen LogP contribution >= 0.6 is 11.6 Å². The minimum atomic E-state index is -0.436. The van der Waals surface area contributed by atoms with Gasteiger partial charge in [0.05, 0.1) is 24.0 Å². The average molecular weight is 388 g/mol. The lowest BCUT2D eigenvalue weighted by Gasteiger charge is -2.35. The van der Waals surface area contributed by atoms with Crippen molar-refractivity contribution in [3.8, 4) is 0 Å². The molecule has 0 atom stereocenters. The number of ether oxygens (including phenoxy) is 1. The number of carbonyl (C=O) groups excluding carboxylic acids is 2. The zero-order chi connectivity index (χ0) is 19.4. The van der Waals surface area contributed by atoms with Gasteiger partial charge in [0.15, 0.2) is 0 Å². The van der Waals surface area contributed by atoms with Crippen molar-refractivity contribution in [3.05, 3.63) is 58.6 Å². The fourth-order valence-electron chi connectivity index (χ4n) is 3.00. The van der Waals surface area contributed by atoms with Gasteiger partial charge >= 0.3 is 5.97 Å². The third-order valence-electron chi connectivity index (χ3n) is 4.62. The number of halogens is 1. The van der Waals surface area contributed by atoms with Crippen LogP contribution < -0.4 is 10.2 Å². The SMILES string of the molecule is COC(=O)c1ccc(C(=O)Nc2cc(Cl)ccc2N2CCN(C)CC2)cc1. The van der Waals surface area contributed by atoms with E-state index in [0.717, 1.165) is 31.9 Å². The molecule has 1 fully saturated rings. The maximum Gasteiger partial charge on any atom is 0.337 e. The summed E-state index contributed by atoms with van der Waals surface area (Å²) in [7, 11) is 3.42. The van der Waals surface area contributed by atoms with Gasteiger partial charge in [-0.25, -0.2) is 4.79 Å². The quantitative estimate of drug-likeness (QED) is 0.817. The molecule has 1 N–H and O–H groups in total. The van der Waals surface area contributed by atoms with Crippen molar-refractivity contribution in [2.45, 2.75) is 0 Å². The number of nitrogens with zero attached hydrogens (tertiary/aromatic N) is 2. The molecular formula is C20H22ClN3O3. The third kappa shape index (κ3) is 4.59. The Morgan fingerprint density at radius 2 is 1.63 bits per heavy atom. The van der Waals surface area contributed by atoms with E-state index in [4.69, 9.17) is 11.6 Å². The summed E-state index contributed by atoms with van der Waals surface area (Å²) in [6, 6.07) is 11.9. The highest BCUT2D eigenvalue weighted by Crippen LogP contribution is 2.30. The molecule has 1 heterocycles. The van der Waals surface area contributed by atoms with Crippen LogP contribution in [0, 0.1) is 0 Å². The fraction of sp³-hybridized carbons (Fsp3) is 0.300. The second kappa shape index (κ2) is 8.41. The van der Waals surface area contributed by atoms with Crippen LogP contribution in [-0.4, -0.2) is 57.1 Å². The van der Waals surface area contributed by atoms with Crippen LogP contribution in [0.4, 0.5) is 11.4 Å². The summed E-state index contributed by atoms with van der Waals surface area (Å²) in [6.45, 7) is 3.69. The summed E-state index contributed by atoms with van der Waals surface area (Å²) in [4.78, 5) is 28.7. The van der Waals surface area contributed by atoms with Gasteiger partial charge in [-0.2, -0.15) is 0 Å². The molecule has 0 aromatic heterocycles. The number of methoxy groups -OCH3 is 1. The van der Waals surface area contributed by atoms with Crippen molar-refractivity contribution in [1.29, 1.82) is 0 Å². The molecule has 1 amide bonds. The highest BCUT2D eigenvalue weighted by Gasteiger charge is 2.19. The number of nitrogens with one attached hydrogen (secondary N) is 1. The fourth-order valence-corrected chi connectivity index (χ4v) is 3.17. The van der Waals surface area contributed by atoms with E-state index in [0.29, 0.717) is 21.8 Å². The van der Waals surface area contributed by atoms with Crippen molar-refractivity contribution in [2.75, 3.05) is 50.6 Å². The Morgan fingerprint density at radius 1 is 1.00 bits per heavy atom. The van der Waals surface area contributed by atoms with E-state index >= 15 is 0 Å². The van der Waals surface area contributed by atoms with E-state index < -0.39 is 5.97 Å². The Balaban J connectivity index is 1.79. The van der Waals surface area contributed by atoms with Crippen LogP contribution in [0.1, 0.15) is 20.7 Å². The number of esters is 1. The number of hydrogen-bond donors (Lipinski definition) is 1. The third-order valence-corrected chi connectivity index (χ3v) is 4.85.